The van der Waals surface area contributed by atoms with Crippen LogP contribution in [-0.2, 0) is 11.2 Å². The third kappa shape index (κ3) is 3.47. The van der Waals surface area contributed by atoms with Crippen LogP contribution in [0.5, 0.6) is 0 Å². The smallest absolute Gasteiger partial charge is 0.252 e. The summed E-state index contributed by atoms with van der Waals surface area (Å²) in [4.78, 5) is 25.5. The molecule has 1 N–H and O–H groups in total. The van der Waals surface area contributed by atoms with Crippen LogP contribution in [0, 0.1) is 11.8 Å². The first-order chi connectivity index (χ1) is 11.6. The fraction of sp³-hybridized carbons (Fsp3) is 0.200. The highest BCUT2D eigenvalue weighted by Crippen LogP contribution is 2.28. The minimum atomic E-state index is -0.151. The fourth-order valence-electron chi connectivity index (χ4n) is 2.76. The van der Waals surface area contributed by atoms with Gasteiger partial charge in [-0.25, -0.2) is 0 Å². The van der Waals surface area contributed by atoms with Gasteiger partial charge in [0, 0.05) is 30.3 Å². The molecule has 0 aliphatic carbocycles. The summed E-state index contributed by atoms with van der Waals surface area (Å²) in [6.07, 6.45) is 0.782. The molecule has 0 spiro atoms. The van der Waals surface area contributed by atoms with Gasteiger partial charge in [-0.2, -0.15) is 0 Å². The lowest BCUT2D eigenvalue weighted by molar-refractivity contribution is -0.116. The largest absolute Gasteiger partial charge is 0.341 e. The Bertz CT molecular complexity index is 832. The van der Waals surface area contributed by atoms with Gasteiger partial charge >= 0.3 is 0 Å². The van der Waals surface area contributed by atoms with Gasteiger partial charge in [0.15, 0.2) is 0 Å². The van der Waals surface area contributed by atoms with Gasteiger partial charge in [-0.3, -0.25) is 9.59 Å². The van der Waals surface area contributed by atoms with Gasteiger partial charge < -0.3 is 10.2 Å². The molecule has 4 nitrogen and oxygen atoms in total. The third-order valence-electron chi connectivity index (χ3n) is 3.96. The first-order valence-electron chi connectivity index (χ1n) is 7.88. The van der Waals surface area contributed by atoms with E-state index in [1.54, 1.807) is 17.9 Å². The van der Waals surface area contributed by atoms with Gasteiger partial charge in [-0.1, -0.05) is 30.0 Å². The normalized spacial score (nSPS) is 12.1. The summed E-state index contributed by atoms with van der Waals surface area (Å²) in [5.74, 6) is 5.82. The van der Waals surface area contributed by atoms with E-state index in [9.17, 15) is 9.59 Å². The molecule has 3 rings (SSSR count). The highest BCUT2D eigenvalue weighted by Gasteiger charge is 2.22. The summed E-state index contributed by atoms with van der Waals surface area (Å²) in [7, 11) is 0. The van der Waals surface area contributed by atoms with Crippen LogP contribution in [0.15, 0.2) is 48.5 Å². The van der Waals surface area contributed by atoms with E-state index >= 15 is 0 Å². The molecule has 0 bridgehead atoms. The van der Waals surface area contributed by atoms with E-state index in [-0.39, 0.29) is 11.8 Å². The number of amides is 2. The molecule has 0 unspecified atom stereocenters. The Labute approximate surface area is 141 Å². The highest BCUT2D eigenvalue weighted by atomic mass is 16.2. The van der Waals surface area contributed by atoms with Crippen molar-refractivity contribution >= 4 is 17.5 Å². The number of rotatable bonds is 2. The van der Waals surface area contributed by atoms with E-state index in [4.69, 9.17) is 0 Å². The first-order valence-corrected chi connectivity index (χ1v) is 7.88. The maximum Gasteiger partial charge on any atom is 0.252 e. The minimum absolute atomic E-state index is 0.0298. The molecule has 2 amide bonds. The lowest BCUT2D eigenvalue weighted by Crippen LogP contribution is -2.26. The lowest BCUT2D eigenvalue weighted by atomic mass is 10.1. The van der Waals surface area contributed by atoms with E-state index in [1.165, 1.54) is 0 Å². The van der Waals surface area contributed by atoms with Crippen molar-refractivity contribution in [2.45, 2.75) is 13.3 Å². The quantitative estimate of drug-likeness (QED) is 0.864. The Morgan fingerprint density at radius 3 is 2.71 bits per heavy atom. The number of hydrogen-bond donors (Lipinski definition) is 1. The van der Waals surface area contributed by atoms with Crippen molar-refractivity contribution in [2.24, 2.45) is 0 Å². The Morgan fingerprint density at radius 1 is 1.17 bits per heavy atom. The average Bonchev–Trinajstić information content (AvgIpc) is 3.03. The molecule has 2 aromatic carbocycles. The predicted octanol–water partition coefficient (Wildman–Crippen LogP) is 2.38. The van der Waals surface area contributed by atoms with Gasteiger partial charge in [0.1, 0.15) is 0 Å². The van der Waals surface area contributed by atoms with Crippen LogP contribution in [0.3, 0.4) is 0 Å². The number of carbonyl (C=O) groups is 2. The summed E-state index contributed by atoms with van der Waals surface area (Å²) in [5.41, 5.74) is 3.46. The zero-order valence-electron chi connectivity index (χ0n) is 13.5. The van der Waals surface area contributed by atoms with Crippen LogP contribution in [0.25, 0.3) is 0 Å². The van der Waals surface area contributed by atoms with E-state index in [0.29, 0.717) is 18.7 Å². The van der Waals surface area contributed by atoms with Crippen molar-refractivity contribution < 1.29 is 9.59 Å². The molecule has 24 heavy (non-hydrogen) atoms. The van der Waals surface area contributed by atoms with E-state index in [0.717, 1.165) is 23.2 Å². The predicted molar refractivity (Wildman–Crippen MR) is 93.8 cm³/mol. The van der Waals surface area contributed by atoms with Crippen LogP contribution < -0.4 is 10.2 Å². The van der Waals surface area contributed by atoms with Gasteiger partial charge in [0.2, 0.25) is 5.91 Å². The SMILES string of the molecule is CC(=O)N1CCc2cc(C(=O)NCC#Cc3ccccc3)ccc21. The number of fused-ring (bicyclic) bond motifs is 1. The van der Waals surface area contributed by atoms with Gasteiger partial charge in [-0.05, 0) is 42.3 Å². The van der Waals surface area contributed by atoms with Crippen molar-refractivity contribution in [1.29, 1.82) is 0 Å². The first kappa shape index (κ1) is 15.8. The van der Waals surface area contributed by atoms with E-state index in [1.807, 2.05) is 42.5 Å². The maximum atomic E-state index is 12.2. The summed E-state index contributed by atoms with van der Waals surface area (Å²) < 4.78 is 0. The van der Waals surface area contributed by atoms with Crippen LogP contribution in [-0.4, -0.2) is 24.9 Å². The van der Waals surface area contributed by atoms with Crippen molar-refractivity contribution in [3.05, 3.63) is 65.2 Å². The zero-order valence-corrected chi connectivity index (χ0v) is 13.5. The summed E-state index contributed by atoms with van der Waals surface area (Å²) >= 11 is 0. The summed E-state index contributed by atoms with van der Waals surface area (Å²) in [5, 5.41) is 2.80. The fourth-order valence-corrected chi connectivity index (χ4v) is 2.76. The lowest BCUT2D eigenvalue weighted by Gasteiger charge is -2.14. The van der Waals surface area contributed by atoms with Gasteiger partial charge in [0.25, 0.3) is 5.91 Å². The Hall–Kier alpha value is -3.06. The molecule has 1 heterocycles. The second kappa shape index (κ2) is 7.01. The number of carbonyl (C=O) groups excluding carboxylic acids is 2. The molecule has 0 atom stereocenters. The molecule has 2 aromatic rings. The second-order valence-electron chi connectivity index (χ2n) is 5.61. The second-order valence-corrected chi connectivity index (χ2v) is 5.61. The van der Waals surface area contributed by atoms with Crippen molar-refractivity contribution in [3.8, 4) is 11.8 Å². The molecule has 0 fully saturated rings. The summed E-state index contributed by atoms with van der Waals surface area (Å²) in [6, 6.07) is 15.1. The Balaban J connectivity index is 1.62. The van der Waals surface area contributed by atoms with Crippen molar-refractivity contribution in [1.82, 2.24) is 5.32 Å². The molecule has 0 radical (unpaired) electrons. The van der Waals surface area contributed by atoms with Crippen LogP contribution in [0.1, 0.15) is 28.4 Å². The van der Waals surface area contributed by atoms with Crippen LogP contribution in [0.2, 0.25) is 0 Å². The topological polar surface area (TPSA) is 49.4 Å². The number of nitrogens with zero attached hydrogens (tertiary/aromatic N) is 1. The number of benzene rings is 2. The number of nitrogens with one attached hydrogen (secondary N) is 1. The van der Waals surface area contributed by atoms with E-state index < -0.39 is 0 Å². The Morgan fingerprint density at radius 2 is 1.96 bits per heavy atom. The Kier molecular flexibility index (Phi) is 4.62. The average molecular weight is 318 g/mol. The van der Waals surface area contributed by atoms with E-state index in [2.05, 4.69) is 17.2 Å². The third-order valence-corrected chi connectivity index (χ3v) is 3.96. The minimum Gasteiger partial charge on any atom is -0.341 e. The van der Waals surface area contributed by atoms with Gasteiger partial charge in [0.05, 0.1) is 6.54 Å². The van der Waals surface area contributed by atoms with Crippen molar-refractivity contribution in [2.75, 3.05) is 18.0 Å². The molecule has 1 aliphatic heterocycles. The summed E-state index contributed by atoms with van der Waals surface area (Å²) in [6.45, 7) is 2.53. The molecular weight excluding hydrogens is 300 g/mol. The van der Waals surface area contributed by atoms with Crippen molar-refractivity contribution in [3.63, 3.8) is 0 Å². The molecule has 1 aliphatic rings. The molecule has 4 heteroatoms. The monoisotopic (exact) mass is 318 g/mol. The highest BCUT2D eigenvalue weighted by molar-refractivity contribution is 5.97. The molecule has 120 valence electrons. The standard InChI is InChI=1S/C20H18N2O2/c1-15(23)22-13-11-17-14-18(9-10-19(17)22)20(24)21-12-5-8-16-6-3-2-4-7-16/h2-4,6-7,9-10,14H,11-13H2,1H3,(H,21,24). The van der Waals surface area contributed by atoms with Crippen LogP contribution in [0.4, 0.5) is 5.69 Å². The van der Waals surface area contributed by atoms with Gasteiger partial charge in [-0.15, -0.1) is 0 Å². The molecular formula is C20H18N2O2. The number of hydrogen-bond acceptors (Lipinski definition) is 2. The molecule has 0 saturated heterocycles. The molecule has 0 saturated carbocycles. The molecule has 0 aromatic heterocycles. The van der Waals surface area contributed by atoms with Crippen LogP contribution >= 0.6 is 0 Å². The zero-order chi connectivity index (χ0) is 16.9. The maximum absolute atomic E-state index is 12.2. The number of anilines is 1.